The number of hydrogen-bond donors (Lipinski definition) is 1. The first kappa shape index (κ1) is 22.4. The molecule has 0 spiro atoms. The maximum absolute atomic E-state index is 12.1. The first-order chi connectivity index (χ1) is 16.2. The summed E-state index contributed by atoms with van der Waals surface area (Å²) in [4.78, 5) is 16.4. The predicted molar refractivity (Wildman–Crippen MR) is 129 cm³/mol. The highest BCUT2D eigenvalue weighted by atomic mass is 32.2. The molecule has 4 rings (SSSR count). The molecule has 0 bridgehead atoms. The summed E-state index contributed by atoms with van der Waals surface area (Å²) in [5.41, 5.74) is 5.95. The number of fused-ring (bicyclic) bond motifs is 1. The predicted octanol–water partition coefficient (Wildman–Crippen LogP) is 4.70. The third kappa shape index (κ3) is 6.36. The number of ether oxygens (including phenoxy) is 2. The Hall–Kier alpha value is -3.78. The third-order valence-corrected chi connectivity index (χ3v) is 5.51. The van der Waals surface area contributed by atoms with Crippen LogP contribution in [0.3, 0.4) is 0 Å². The Morgan fingerprint density at radius 1 is 1.09 bits per heavy atom. The molecule has 0 atom stereocenters. The van der Waals surface area contributed by atoms with Crippen molar-refractivity contribution in [2.24, 2.45) is 5.10 Å². The largest absolute Gasteiger partial charge is 0.493 e. The molecule has 0 saturated carbocycles. The molecule has 168 valence electrons. The van der Waals surface area contributed by atoms with Crippen LogP contribution in [0.1, 0.15) is 11.1 Å². The lowest BCUT2D eigenvalue weighted by molar-refractivity contribution is -0.118. The number of hydrogen-bond acceptors (Lipinski definition) is 7. The molecule has 0 unspecified atom stereocenters. The molecule has 3 aromatic carbocycles. The minimum atomic E-state index is -0.258. The monoisotopic (exact) mass is 461 g/mol. The molecule has 1 aromatic heterocycles. The topological polar surface area (TPSA) is 86.0 Å². The average Bonchev–Trinajstić information content (AvgIpc) is 3.27. The van der Waals surface area contributed by atoms with Crippen molar-refractivity contribution in [2.45, 2.75) is 11.6 Å². The molecule has 33 heavy (non-hydrogen) atoms. The highest BCUT2D eigenvalue weighted by Crippen LogP contribution is 2.28. The van der Waals surface area contributed by atoms with Gasteiger partial charge in [-0.1, -0.05) is 54.2 Å². The van der Waals surface area contributed by atoms with Gasteiger partial charge >= 0.3 is 0 Å². The molecular weight excluding hydrogens is 438 g/mol. The van der Waals surface area contributed by atoms with Crippen molar-refractivity contribution in [1.29, 1.82) is 0 Å². The molecule has 0 aliphatic rings. The van der Waals surface area contributed by atoms with E-state index < -0.39 is 0 Å². The Balaban J connectivity index is 1.26. The van der Waals surface area contributed by atoms with Crippen LogP contribution in [-0.2, 0) is 11.2 Å². The van der Waals surface area contributed by atoms with Gasteiger partial charge in [-0.15, -0.1) is 0 Å². The fourth-order valence-electron chi connectivity index (χ4n) is 3.06. The summed E-state index contributed by atoms with van der Waals surface area (Å²) in [5.74, 6) is 1.14. The molecule has 1 heterocycles. The average molecular weight is 462 g/mol. The van der Waals surface area contributed by atoms with Crippen LogP contribution in [0.15, 0.2) is 87.5 Å². The Morgan fingerprint density at radius 2 is 1.91 bits per heavy atom. The van der Waals surface area contributed by atoms with Crippen LogP contribution in [0.25, 0.3) is 11.1 Å². The lowest BCUT2D eigenvalue weighted by atomic mass is 10.2. The number of nitrogens with zero attached hydrogens (tertiary/aromatic N) is 2. The number of thioether (sulfide) groups is 1. The van der Waals surface area contributed by atoms with Crippen molar-refractivity contribution < 1.29 is 18.7 Å². The van der Waals surface area contributed by atoms with Gasteiger partial charge in [-0.25, -0.2) is 10.4 Å². The summed E-state index contributed by atoms with van der Waals surface area (Å²) in [6, 6.07) is 23.1. The fourth-order valence-corrected chi connectivity index (χ4v) is 3.69. The number of amides is 1. The number of methoxy groups -OCH3 is 1. The second-order valence-electron chi connectivity index (χ2n) is 7.02. The van der Waals surface area contributed by atoms with Crippen LogP contribution in [-0.4, -0.2) is 36.6 Å². The van der Waals surface area contributed by atoms with E-state index in [4.69, 9.17) is 13.9 Å². The van der Waals surface area contributed by atoms with E-state index >= 15 is 0 Å². The van der Waals surface area contributed by atoms with E-state index in [-0.39, 0.29) is 11.7 Å². The van der Waals surface area contributed by atoms with E-state index in [1.165, 1.54) is 17.3 Å². The van der Waals surface area contributed by atoms with Gasteiger partial charge in [-0.05, 0) is 41.5 Å². The van der Waals surface area contributed by atoms with Gasteiger partial charge in [-0.3, -0.25) is 4.79 Å². The van der Waals surface area contributed by atoms with Gasteiger partial charge in [0.2, 0.25) is 0 Å². The Labute approximate surface area is 195 Å². The van der Waals surface area contributed by atoms with Crippen LogP contribution >= 0.6 is 11.8 Å². The summed E-state index contributed by atoms with van der Waals surface area (Å²) in [6.07, 6.45) is 2.36. The molecule has 0 aliphatic carbocycles. The zero-order valence-corrected chi connectivity index (χ0v) is 18.9. The van der Waals surface area contributed by atoms with Crippen molar-refractivity contribution in [3.05, 3.63) is 83.9 Å². The van der Waals surface area contributed by atoms with Crippen molar-refractivity contribution in [3.8, 4) is 11.5 Å². The standard InChI is InChI=1S/C25H23N3O4S/c1-30-23-15-19(11-12-22(23)31-14-13-18-7-3-2-4-8-18)16-26-28-24(29)17-33-25-27-20-9-5-6-10-21(20)32-25/h2-12,15-16H,13-14,17H2,1H3,(H,28,29)/b26-16+. The summed E-state index contributed by atoms with van der Waals surface area (Å²) in [5, 5.41) is 4.47. The first-order valence-corrected chi connectivity index (χ1v) is 11.3. The SMILES string of the molecule is COc1cc(/C=N/NC(=O)CSc2nc3ccccc3o2)ccc1OCCc1ccccc1. The zero-order valence-electron chi connectivity index (χ0n) is 18.1. The minimum Gasteiger partial charge on any atom is -0.493 e. The molecule has 1 N–H and O–H groups in total. The molecule has 8 heteroatoms. The Kier molecular flexibility index (Phi) is 7.60. The summed E-state index contributed by atoms with van der Waals surface area (Å²) in [6.45, 7) is 0.543. The molecule has 7 nitrogen and oxygen atoms in total. The number of oxazole rings is 1. The van der Waals surface area contributed by atoms with Crippen LogP contribution in [0.2, 0.25) is 0 Å². The smallest absolute Gasteiger partial charge is 0.257 e. The lowest BCUT2D eigenvalue weighted by Gasteiger charge is -2.11. The van der Waals surface area contributed by atoms with Gasteiger partial charge < -0.3 is 13.9 Å². The maximum atomic E-state index is 12.1. The van der Waals surface area contributed by atoms with Gasteiger partial charge in [-0.2, -0.15) is 5.10 Å². The maximum Gasteiger partial charge on any atom is 0.257 e. The number of rotatable bonds is 10. The number of aromatic nitrogens is 1. The van der Waals surface area contributed by atoms with Crippen LogP contribution in [0, 0.1) is 0 Å². The molecule has 0 saturated heterocycles. The van der Waals surface area contributed by atoms with Gasteiger partial charge in [0.15, 0.2) is 17.1 Å². The fraction of sp³-hybridized carbons (Fsp3) is 0.160. The number of para-hydroxylation sites is 2. The second kappa shape index (κ2) is 11.2. The van der Waals surface area contributed by atoms with E-state index in [2.05, 4.69) is 27.6 Å². The van der Waals surface area contributed by atoms with E-state index in [9.17, 15) is 4.79 Å². The molecule has 0 fully saturated rings. The van der Waals surface area contributed by atoms with Crippen molar-refractivity contribution in [2.75, 3.05) is 19.5 Å². The van der Waals surface area contributed by atoms with E-state index in [1.54, 1.807) is 19.4 Å². The first-order valence-electron chi connectivity index (χ1n) is 10.4. The molecule has 1 amide bonds. The van der Waals surface area contributed by atoms with E-state index in [1.807, 2.05) is 54.6 Å². The van der Waals surface area contributed by atoms with Crippen molar-refractivity contribution >= 4 is 35.0 Å². The highest BCUT2D eigenvalue weighted by molar-refractivity contribution is 7.99. The number of carbonyl (C=O) groups excluding carboxylic acids is 1. The van der Waals surface area contributed by atoms with Gasteiger partial charge in [0, 0.05) is 6.42 Å². The van der Waals surface area contributed by atoms with Crippen molar-refractivity contribution in [1.82, 2.24) is 10.4 Å². The van der Waals surface area contributed by atoms with Gasteiger partial charge in [0.1, 0.15) is 5.52 Å². The van der Waals surface area contributed by atoms with Gasteiger partial charge in [0.05, 0.1) is 25.7 Å². The highest BCUT2D eigenvalue weighted by Gasteiger charge is 2.09. The number of hydrazone groups is 1. The summed E-state index contributed by atoms with van der Waals surface area (Å²) < 4.78 is 16.9. The number of nitrogens with one attached hydrogen (secondary N) is 1. The lowest BCUT2D eigenvalue weighted by Crippen LogP contribution is -2.19. The number of benzene rings is 3. The molecule has 0 radical (unpaired) electrons. The molecular formula is C25H23N3O4S. The van der Waals surface area contributed by atoms with E-state index in [0.717, 1.165) is 17.5 Å². The number of carbonyl (C=O) groups is 1. The molecule has 4 aromatic rings. The quantitative estimate of drug-likeness (QED) is 0.209. The van der Waals surface area contributed by atoms with Gasteiger partial charge in [0.25, 0.3) is 11.1 Å². The van der Waals surface area contributed by atoms with Crippen LogP contribution < -0.4 is 14.9 Å². The minimum absolute atomic E-state index is 0.141. The van der Waals surface area contributed by atoms with Crippen molar-refractivity contribution in [3.63, 3.8) is 0 Å². The second-order valence-corrected chi connectivity index (χ2v) is 7.95. The van der Waals surface area contributed by atoms with E-state index in [0.29, 0.717) is 28.9 Å². The summed E-state index contributed by atoms with van der Waals surface area (Å²) in [7, 11) is 1.59. The molecule has 0 aliphatic heterocycles. The van der Waals surface area contributed by atoms with Crippen LogP contribution in [0.4, 0.5) is 0 Å². The zero-order chi connectivity index (χ0) is 22.9. The Morgan fingerprint density at radius 3 is 2.73 bits per heavy atom. The normalized spacial score (nSPS) is 11.1. The van der Waals surface area contributed by atoms with Crippen LogP contribution in [0.5, 0.6) is 11.5 Å². The Bertz CT molecular complexity index is 1210. The summed E-state index contributed by atoms with van der Waals surface area (Å²) >= 11 is 1.21. The third-order valence-electron chi connectivity index (χ3n) is 4.68.